The smallest absolute Gasteiger partial charge is 0.414 e. The zero-order valence-electron chi connectivity index (χ0n) is 15.3. The van der Waals surface area contributed by atoms with Crippen LogP contribution in [-0.2, 0) is 9.53 Å². The van der Waals surface area contributed by atoms with Crippen LogP contribution < -0.4 is 9.64 Å². The SMILES string of the molecule is CC(=O)Oc1cc2c(c3ccccc13)[C@H](CCl)CN2C(=O)OC(C)(C)C. The Labute approximate surface area is 157 Å². The number of anilines is 1. The van der Waals surface area contributed by atoms with Crippen LogP contribution in [0.2, 0.25) is 0 Å². The second-order valence-corrected chi connectivity index (χ2v) is 7.70. The molecule has 26 heavy (non-hydrogen) atoms. The molecular formula is C20H22ClNO4. The average molecular weight is 376 g/mol. The predicted molar refractivity (Wildman–Crippen MR) is 102 cm³/mol. The Morgan fingerprint density at radius 1 is 1.23 bits per heavy atom. The molecule has 0 radical (unpaired) electrons. The lowest BCUT2D eigenvalue weighted by atomic mass is 9.95. The number of carbonyl (C=O) groups is 2. The number of esters is 1. The van der Waals surface area contributed by atoms with Gasteiger partial charge in [-0.05, 0) is 31.7 Å². The summed E-state index contributed by atoms with van der Waals surface area (Å²) in [6.45, 7) is 7.26. The van der Waals surface area contributed by atoms with Gasteiger partial charge in [0.05, 0.1) is 5.69 Å². The number of fused-ring (bicyclic) bond motifs is 3. The van der Waals surface area contributed by atoms with Crippen LogP contribution in [0.25, 0.3) is 10.8 Å². The number of carbonyl (C=O) groups excluding carboxylic acids is 2. The monoisotopic (exact) mass is 375 g/mol. The Hall–Kier alpha value is -2.27. The minimum atomic E-state index is -0.605. The largest absolute Gasteiger partial charge is 0.443 e. The van der Waals surface area contributed by atoms with Gasteiger partial charge in [0.25, 0.3) is 0 Å². The van der Waals surface area contributed by atoms with Crippen LogP contribution in [0, 0.1) is 0 Å². The van der Waals surface area contributed by atoms with E-state index < -0.39 is 17.7 Å². The number of halogens is 1. The molecule has 1 atom stereocenters. The van der Waals surface area contributed by atoms with Crippen molar-refractivity contribution in [2.75, 3.05) is 17.3 Å². The molecular weight excluding hydrogens is 354 g/mol. The van der Waals surface area contributed by atoms with Gasteiger partial charge in [-0.15, -0.1) is 11.6 Å². The average Bonchev–Trinajstić information content (AvgIpc) is 2.92. The first kappa shape index (κ1) is 18.5. The number of amides is 1. The van der Waals surface area contributed by atoms with E-state index in [1.54, 1.807) is 11.0 Å². The number of hydrogen-bond acceptors (Lipinski definition) is 4. The molecule has 2 aromatic carbocycles. The zero-order valence-corrected chi connectivity index (χ0v) is 16.1. The van der Waals surface area contributed by atoms with E-state index in [0.717, 1.165) is 16.3 Å². The fourth-order valence-corrected chi connectivity index (χ4v) is 3.52. The normalized spacial score (nSPS) is 16.5. The van der Waals surface area contributed by atoms with E-state index >= 15 is 0 Å². The van der Waals surface area contributed by atoms with Crippen molar-refractivity contribution < 1.29 is 19.1 Å². The summed E-state index contributed by atoms with van der Waals surface area (Å²) < 4.78 is 10.9. The summed E-state index contributed by atoms with van der Waals surface area (Å²) in [6.07, 6.45) is -0.435. The van der Waals surface area contributed by atoms with Crippen molar-refractivity contribution in [2.45, 2.75) is 39.2 Å². The van der Waals surface area contributed by atoms with Crippen LogP contribution in [0.5, 0.6) is 5.75 Å². The summed E-state index contributed by atoms with van der Waals surface area (Å²) >= 11 is 6.20. The summed E-state index contributed by atoms with van der Waals surface area (Å²) in [4.78, 5) is 25.8. The van der Waals surface area contributed by atoms with Gasteiger partial charge < -0.3 is 9.47 Å². The maximum atomic E-state index is 12.7. The Morgan fingerprint density at radius 2 is 1.88 bits per heavy atom. The molecule has 0 aliphatic carbocycles. The second kappa shape index (κ2) is 6.80. The van der Waals surface area contributed by atoms with Crippen LogP contribution in [0.4, 0.5) is 10.5 Å². The number of rotatable bonds is 2. The van der Waals surface area contributed by atoms with Crippen molar-refractivity contribution in [1.29, 1.82) is 0 Å². The molecule has 5 nitrogen and oxygen atoms in total. The molecule has 1 amide bonds. The maximum Gasteiger partial charge on any atom is 0.414 e. The molecule has 0 unspecified atom stereocenters. The molecule has 0 N–H and O–H groups in total. The molecule has 1 aliphatic heterocycles. The van der Waals surface area contributed by atoms with Gasteiger partial charge in [-0.3, -0.25) is 9.69 Å². The van der Waals surface area contributed by atoms with Crippen molar-refractivity contribution in [3.8, 4) is 5.75 Å². The third kappa shape index (κ3) is 3.49. The van der Waals surface area contributed by atoms with Crippen LogP contribution >= 0.6 is 11.6 Å². The van der Waals surface area contributed by atoms with Crippen molar-refractivity contribution in [3.05, 3.63) is 35.9 Å². The Bertz CT molecular complexity index is 872. The molecule has 1 aliphatic rings. The standard InChI is InChI=1S/C20H22ClNO4/c1-12(23)25-17-9-16-18(15-8-6-5-7-14(15)17)13(10-21)11-22(16)19(24)26-20(2,3)4/h5-9,13H,10-11H2,1-4H3/t13-/m1/s1. The number of nitrogens with zero attached hydrogens (tertiary/aromatic N) is 1. The maximum absolute atomic E-state index is 12.7. The Balaban J connectivity index is 2.17. The summed E-state index contributed by atoms with van der Waals surface area (Å²) in [7, 11) is 0. The van der Waals surface area contributed by atoms with Gasteiger partial charge >= 0.3 is 12.1 Å². The van der Waals surface area contributed by atoms with E-state index in [2.05, 4.69) is 0 Å². The molecule has 0 aromatic heterocycles. The quantitative estimate of drug-likeness (QED) is 0.428. The molecule has 0 bridgehead atoms. The van der Waals surface area contributed by atoms with E-state index in [-0.39, 0.29) is 5.92 Å². The zero-order chi connectivity index (χ0) is 19.1. The highest BCUT2D eigenvalue weighted by Gasteiger charge is 2.36. The minimum Gasteiger partial charge on any atom is -0.443 e. The molecule has 1 heterocycles. The minimum absolute atomic E-state index is 0.0181. The Kier molecular flexibility index (Phi) is 4.84. The van der Waals surface area contributed by atoms with Gasteiger partial charge in [0.1, 0.15) is 11.4 Å². The van der Waals surface area contributed by atoms with Gasteiger partial charge in [0, 0.05) is 36.7 Å². The number of ether oxygens (including phenoxy) is 2. The number of benzene rings is 2. The fourth-order valence-electron chi connectivity index (χ4n) is 3.27. The Morgan fingerprint density at radius 3 is 2.46 bits per heavy atom. The van der Waals surface area contributed by atoms with Gasteiger partial charge in [0.2, 0.25) is 0 Å². The topological polar surface area (TPSA) is 55.8 Å². The summed E-state index contributed by atoms with van der Waals surface area (Å²) in [5.41, 5.74) is 1.06. The molecule has 0 saturated heterocycles. The van der Waals surface area contributed by atoms with Crippen LogP contribution in [0.3, 0.4) is 0 Å². The number of hydrogen-bond donors (Lipinski definition) is 0. The van der Waals surface area contributed by atoms with Crippen molar-refractivity contribution in [2.24, 2.45) is 0 Å². The lowest BCUT2D eigenvalue weighted by Gasteiger charge is -2.25. The molecule has 0 fully saturated rings. The highest BCUT2D eigenvalue weighted by molar-refractivity contribution is 6.19. The third-order valence-corrected chi connectivity index (χ3v) is 4.55. The predicted octanol–water partition coefficient (Wildman–Crippen LogP) is 4.84. The first-order valence-electron chi connectivity index (χ1n) is 8.52. The van der Waals surface area contributed by atoms with Crippen molar-refractivity contribution in [1.82, 2.24) is 0 Å². The van der Waals surface area contributed by atoms with Gasteiger partial charge in [-0.2, -0.15) is 0 Å². The number of alkyl halides is 1. The van der Waals surface area contributed by atoms with Crippen molar-refractivity contribution >= 4 is 40.1 Å². The van der Waals surface area contributed by atoms with E-state index in [9.17, 15) is 9.59 Å². The van der Waals surface area contributed by atoms with E-state index in [4.69, 9.17) is 21.1 Å². The molecule has 2 aromatic rings. The summed E-state index contributed by atoms with van der Waals surface area (Å²) in [6, 6.07) is 9.39. The summed E-state index contributed by atoms with van der Waals surface area (Å²) in [5.74, 6) is 0.375. The first-order valence-corrected chi connectivity index (χ1v) is 9.05. The molecule has 0 spiro atoms. The summed E-state index contributed by atoms with van der Waals surface area (Å²) in [5, 5.41) is 1.75. The third-order valence-electron chi connectivity index (χ3n) is 4.18. The van der Waals surface area contributed by atoms with E-state index in [1.807, 2.05) is 45.0 Å². The molecule has 138 valence electrons. The lowest BCUT2D eigenvalue weighted by molar-refractivity contribution is -0.131. The van der Waals surface area contributed by atoms with Crippen molar-refractivity contribution in [3.63, 3.8) is 0 Å². The van der Waals surface area contributed by atoms with E-state index in [0.29, 0.717) is 23.9 Å². The lowest BCUT2D eigenvalue weighted by Crippen LogP contribution is -2.36. The second-order valence-electron chi connectivity index (χ2n) is 7.39. The molecule has 3 rings (SSSR count). The highest BCUT2D eigenvalue weighted by Crippen LogP contribution is 2.45. The van der Waals surface area contributed by atoms with Crippen LogP contribution in [0.1, 0.15) is 39.2 Å². The molecule has 0 saturated carbocycles. The van der Waals surface area contributed by atoms with Gasteiger partial charge in [0.15, 0.2) is 0 Å². The van der Waals surface area contributed by atoms with Crippen LogP contribution in [0.15, 0.2) is 30.3 Å². The van der Waals surface area contributed by atoms with Gasteiger partial charge in [-0.25, -0.2) is 4.79 Å². The van der Waals surface area contributed by atoms with Crippen LogP contribution in [-0.4, -0.2) is 30.1 Å². The highest BCUT2D eigenvalue weighted by atomic mass is 35.5. The van der Waals surface area contributed by atoms with E-state index in [1.165, 1.54) is 6.92 Å². The van der Waals surface area contributed by atoms with Gasteiger partial charge in [-0.1, -0.05) is 24.3 Å². The fraction of sp³-hybridized carbons (Fsp3) is 0.400. The molecule has 6 heteroatoms. The first-order chi connectivity index (χ1) is 12.2.